The number of carbonyl (C=O) groups is 2. The van der Waals surface area contributed by atoms with Crippen LogP contribution in [0.5, 0.6) is 5.75 Å². The summed E-state index contributed by atoms with van der Waals surface area (Å²) < 4.78 is 5.70. The van der Waals surface area contributed by atoms with E-state index in [-0.39, 0.29) is 11.8 Å². The third-order valence-corrected chi connectivity index (χ3v) is 4.57. The zero-order chi connectivity index (χ0) is 22.1. The van der Waals surface area contributed by atoms with Crippen LogP contribution in [0.1, 0.15) is 36.2 Å². The van der Waals surface area contributed by atoms with Crippen molar-refractivity contribution in [3.63, 3.8) is 0 Å². The lowest BCUT2D eigenvalue weighted by atomic mass is 10.1. The molecule has 0 bridgehead atoms. The molecule has 2 amide bonds. The normalized spacial score (nSPS) is 10.5. The van der Waals surface area contributed by atoms with Crippen LogP contribution in [0.15, 0.2) is 78.9 Å². The van der Waals surface area contributed by atoms with Gasteiger partial charge in [-0.1, -0.05) is 56.3 Å². The van der Waals surface area contributed by atoms with E-state index in [1.54, 1.807) is 42.5 Å². The van der Waals surface area contributed by atoms with Gasteiger partial charge in [-0.2, -0.15) is 0 Å². The molecule has 0 aliphatic heterocycles. The smallest absolute Gasteiger partial charge is 0.255 e. The quantitative estimate of drug-likeness (QED) is 0.481. The van der Waals surface area contributed by atoms with Gasteiger partial charge in [0.15, 0.2) is 0 Å². The minimum absolute atomic E-state index is 0.0673. The first-order valence-electron chi connectivity index (χ1n) is 10.5. The Morgan fingerprint density at radius 2 is 1.55 bits per heavy atom. The molecule has 3 rings (SSSR count). The summed E-state index contributed by atoms with van der Waals surface area (Å²) in [6.07, 6.45) is 1.07. The molecule has 31 heavy (non-hydrogen) atoms. The van der Waals surface area contributed by atoms with Gasteiger partial charge in [0, 0.05) is 23.4 Å². The highest BCUT2D eigenvalue weighted by molar-refractivity contribution is 6.05. The Hall–Kier alpha value is -3.60. The maximum absolute atomic E-state index is 12.6. The second kappa shape index (κ2) is 11.0. The van der Waals surface area contributed by atoms with Gasteiger partial charge in [-0.15, -0.1) is 0 Å². The fourth-order valence-electron chi connectivity index (χ4n) is 2.99. The lowest BCUT2D eigenvalue weighted by molar-refractivity contribution is -0.116. The first-order chi connectivity index (χ1) is 15.0. The molecule has 0 saturated heterocycles. The van der Waals surface area contributed by atoms with Crippen molar-refractivity contribution < 1.29 is 14.3 Å². The monoisotopic (exact) mass is 416 g/mol. The van der Waals surface area contributed by atoms with Crippen molar-refractivity contribution in [2.45, 2.75) is 26.7 Å². The number of aryl methyl sites for hydroxylation is 1. The van der Waals surface area contributed by atoms with Crippen LogP contribution >= 0.6 is 0 Å². The van der Waals surface area contributed by atoms with E-state index >= 15 is 0 Å². The summed E-state index contributed by atoms with van der Waals surface area (Å²) in [4.78, 5) is 24.9. The number of hydrogen-bond donors (Lipinski definition) is 2. The van der Waals surface area contributed by atoms with Gasteiger partial charge in [-0.05, 0) is 54.3 Å². The van der Waals surface area contributed by atoms with E-state index < -0.39 is 0 Å². The summed E-state index contributed by atoms with van der Waals surface area (Å²) in [5.74, 6) is 0.772. The summed E-state index contributed by atoms with van der Waals surface area (Å²) in [7, 11) is 0. The number of carbonyl (C=O) groups excluding carboxylic acids is 2. The number of amides is 2. The van der Waals surface area contributed by atoms with E-state index in [4.69, 9.17) is 4.74 Å². The van der Waals surface area contributed by atoms with E-state index in [0.717, 1.165) is 5.56 Å². The molecule has 0 aromatic heterocycles. The Balaban J connectivity index is 1.56. The molecule has 0 spiro atoms. The van der Waals surface area contributed by atoms with Gasteiger partial charge in [0.05, 0.1) is 6.61 Å². The van der Waals surface area contributed by atoms with E-state index in [2.05, 4.69) is 24.5 Å². The molecule has 5 nitrogen and oxygen atoms in total. The second-order valence-electron chi connectivity index (χ2n) is 7.80. The van der Waals surface area contributed by atoms with Crippen LogP contribution in [0.2, 0.25) is 0 Å². The van der Waals surface area contributed by atoms with Crippen LogP contribution in [0, 0.1) is 5.92 Å². The first kappa shape index (κ1) is 22.1. The number of benzene rings is 3. The number of nitrogens with one attached hydrogen (secondary N) is 2. The highest BCUT2D eigenvalue weighted by Gasteiger charge is 2.09. The zero-order valence-corrected chi connectivity index (χ0v) is 17.9. The van der Waals surface area contributed by atoms with Gasteiger partial charge < -0.3 is 15.4 Å². The average Bonchev–Trinajstić information content (AvgIpc) is 2.77. The summed E-state index contributed by atoms with van der Waals surface area (Å²) in [5, 5.41) is 5.77. The molecule has 0 fully saturated rings. The van der Waals surface area contributed by atoms with E-state index in [0.29, 0.717) is 48.1 Å². The van der Waals surface area contributed by atoms with Crippen molar-refractivity contribution in [3.8, 4) is 5.75 Å². The van der Waals surface area contributed by atoms with Crippen LogP contribution in [0.3, 0.4) is 0 Å². The molecule has 0 atom stereocenters. The standard InChI is InChI=1S/C26H28N2O3/c1-19(2)18-31-24-13-6-10-21(16-24)26(30)28-23-12-7-11-22(17-23)27-25(29)15-14-20-8-4-3-5-9-20/h3-13,16-17,19H,14-15,18H2,1-2H3,(H,27,29)(H,28,30). The SMILES string of the molecule is CC(C)COc1cccc(C(=O)Nc2cccc(NC(=O)CCc3ccccc3)c2)c1. The minimum Gasteiger partial charge on any atom is -0.493 e. The summed E-state index contributed by atoms with van der Waals surface area (Å²) in [6.45, 7) is 4.74. The number of hydrogen-bond acceptors (Lipinski definition) is 3. The summed E-state index contributed by atoms with van der Waals surface area (Å²) >= 11 is 0. The lowest BCUT2D eigenvalue weighted by Gasteiger charge is -2.11. The molecular weight excluding hydrogens is 388 g/mol. The largest absolute Gasteiger partial charge is 0.493 e. The Bertz CT molecular complexity index is 1020. The number of anilines is 2. The van der Waals surface area contributed by atoms with Crippen molar-refractivity contribution in [1.82, 2.24) is 0 Å². The lowest BCUT2D eigenvalue weighted by Crippen LogP contribution is -2.14. The van der Waals surface area contributed by atoms with Gasteiger partial charge in [-0.25, -0.2) is 0 Å². The van der Waals surface area contributed by atoms with Crippen molar-refractivity contribution in [1.29, 1.82) is 0 Å². The molecule has 0 heterocycles. The van der Waals surface area contributed by atoms with Crippen molar-refractivity contribution in [2.24, 2.45) is 5.92 Å². The molecule has 160 valence electrons. The van der Waals surface area contributed by atoms with Crippen LogP contribution in [0.4, 0.5) is 11.4 Å². The Kier molecular flexibility index (Phi) is 7.82. The maximum atomic E-state index is 12.6. The molecule has 0 unspecified atom stereocenters. The van der Waals surface area contributed by atoms with Gasteiger partial charge in [0.1, 0.15) is 5.75 Å². The van der Waals surface area contributed by atoms with Gasteiger partial charge in [-0.3, -0.25) is 9.59 Å². The molecule has 5 heteroatoms. The van der Waals surface area contributed by atoms with Gasteiger partial charge in [0.2, 0.25) is 5.91 Å². The topological polar surface area (TPSA) is 67.4 Å². The van der Waals surface area contributed by atoms with Crippen LogP contribution in [0.25, 0.3) is 0 Å². The molecule has 0 saturated carbocycles. The predicted octanol–water partition coefficient (Wildman–Crippen LogP) is 5.55. The van der Waals surface area contributed by atoms with Crippen molar-refractivity contribution in [3.05, 3.63) is 90.0 Å². The van der Waals surface area contributed by atoms with E-state index in [1.165, 1.54) is 0 Å². The Morgan fingerprint density at radius 3 is 2.29 bits per heavy atom. The molecule has 0 aliphatic carbocycles. The fourth-order valence-corrected chi connectivity index (χ4v) is 2.99. The van der Waals surface area contributed by atoms with Gasteiger partial charge in [0.25, 0.3) is 5.91 Å². The third-order valence-electron chi connectivity index (χ3n) is 4.57. The van der Waals surface area contributed by atoms with Crippen molar-refractivity contribution >= 4 is 23.2 Å². The highest BCUT2D eigenvalue weighted by atomic mass is 16.5. The number of ether oxygens (including phenoxy) is 1. The van der Waals surface area contributed by atoms with Crippen LogP contribution in [-0.4, -0.2) is 18.4 Å². The molecule has 2 N–H and O–H groups in total. The van der Waals surface area contributed by atoms with Gasteiger partial charge >= 0.3 is 0 Å². The average molecular weight is 417 g/mol. The Labute approximate surface area is 183 Å². The molecule has 0 radical (unpaired) electrons. The Morgan fingerprint density at radius 1 is 0.839 bits per heavy atom. The van der Waals surface area contributed by atoms with Crippen molar-refractivity contribution in [2.75, 3.05) is 17.2 Å². The number of rotatable bonds is 9. The second-order valence-corrected chi connectivity index (χ2v) is 7.80. The minimum atomic E-state index is -0.234. The summed E-state index contributed by atoms with van der Waals surface area (Å²) in [6, 6.07) is 24.1. The van der Waals surface area contributed by atoms with Crippen LogP contribution in [-0.2, 0) is 11.2 Å². The maximum Gasteiger partial charge on any atom is 0.255 e. The molecular formula is C26H28N2O3. The van der Waals surface area contributed by atoms with E-state index in [1.807, 2.05) is 36.4 Å². The fraction of sp³-hybridized carbons (Fsp3) is 0.231. The highest BCUT2D eigenvalue weighted by Crippen LogP contribution is 2.19. The van der Waals surface area contributed by atoms with Crippen LogP contribution < -0.4 is 15.4 Å². The zero-order valence-electron chi connectivity index (χ0n) is 17.9. The molecule has 3 aromatic rings. The summed E-state index contributed by atoms with van der Waals surface area (Å²) in [5.41, 5.74) is 2.89. The van der Waals surface area contributed by atoms with E-state index in [9.17, 15) is 9.59 Å². The third kappa shape index (κ3) is 7.30. The molecule has 0 aliphatic rings. The first-order valence-corrected chi connectivity index (χ1v) is 10.5. The molecule has 3 aromatic carbocycles. The predicted molar refractivity (Wildman–Crippen MR) is 125 cm³/mol.